The van der Waals surface area contributed by atoms with Crippen LogP contribution in [0.25, 0.3) is 0 Å². The smallest absolute Gasteiger partial charge is 0.327 e. The quantitative estimate of drug-likeness (QED) is 0.241. The van der Waals surface area contributed by atoms with Gasteiger partial charge in [0, 0.05) is 24.4 Å². The van der Waals surface area contributed by atoms with E-state index in [0.717, 1.165) is 30.2 Å². The molecule has 0 aliphatic rings. The molecule has 150 valence electrons. The van der Waals surface area contributed by atoms with Crippen molar-refractivity contribution >= 4 is 47.2 Å². The van der Waals surface area contributed by atoms with E-state index >= 15 is 0 Å². The molecule has 0 bridgehead atoms. The summed E-state index contributed by atoms with van der Waals surface area (Å²) in [5.74, 6) is 0.340. The first-order chi connectivity index (χ1) is 12.5. The maximum atomic E-state index is 11.2. The zero-order chi connectivity index (χ0) is 18.9. The van der Waals surface area contributed by atoms with E-state index in [4.69, 9.17) is 0 Å². The van der Waals surface area contributed by atoms with E-state index in [1.54, 1.807) is 17.5 Å². The third-order valence-corrected chi connectivity index (χ3v) is 4.69. The Morgan fingerprint density at radius 1 is 1.37 bits per heavy atom. The number of ether oxygens (including phenoxy) is 1. The van der Waals surface area contributed by atoms with Crippen molar-refractivity contribution in [1.29, 1.82) is 0 Å². The van der Waals surface area contributed by atoms with Crippen molar-refractivity contribution in [2.45, 2.75) is 40.3 Å². The summed E-state index contributed by atoms with van der Waals surface area (Å²) in [5.41, 5.74) is 1.78. The molecule has 0 atom stereocenters. The van der Waals surface area contributed by atoms with Crippen LogP contribution in [0.2, 0.25) is 0 Å². The zero-order valence-electron chi connectivity index (χ0n) is 16.0. The van der Waals surface area contributed by atoms with Crippen molar-refractivity contribution in [3.05, 3.63) is 27.5 Å². The van der Waals surface area contributed by atoms with Gasteiger partial charge in [0.05, 0.1) is 30.6 Å². The molecular formula is C16H26IN7O2S. The number of thiazole rings is 1. The van der Waals surface area contributed by atoms with Gasteiger partial charge in [-0.25, -0.2) is 14.7 Å². The summed E-state index contributed by atoms with van der Waals surface area (Å²) in [7, 11) is 1.34. The third-order valence-electron chi connectivity index (χ3n) is 3.55. The van der Waals surface area contributed by atoms with Crippen LogP contribution in [0.5, 0.6) is 0 Å². The predicted molar refractivity (Wildman–Crippen MR) is 116 cm³/mol. The van der Waals surface area contributed by atoms with Crippen LogP contribution in [0.4, 0.5) is 0 Å². The summed E-state index contributed by atoms with van der Waals surface area (Å²) in [6.45, 7) is 8.04. The lowest BCUT2D eigenvalue weighted by Gasteiger charge is -2.10. The molecule has 9 nitrogen and oxygen atoms in total. The van der Waals surface area contributed by atoms with Gasteiger partial charge in [0.2, 0.25) is 0 Å². The van der Waals surface area contributed by atoms with Gasteiger partial charge in [-0.15, -0.1) is 40.4 Å². The number of guanidine groups is 1. The number of rotatable bonds is 8. The van der Waals surface area contributed by atoms with Gasteiger partial charge in [0.1, 0.15) is 12.2 Å². The Hall–Kier alpha value is -1.76. The lowest BCUT2D eigenvalue weighted by Crippen LogP contribution is -2.38. The monoisotopic (exact) mass is 507 g/mol. The fourth-order valence-corrected chi connectivity index (χ4v) is 3.05. The number of aryl methyl sites for hydroxylation is 2. The second-order valence-electron chi connectivity index (χ2n) is 5.60. The standard InChI is InChI=1S/C16H25N7O2S.HI/c1-5-17-16(18-7-6-14-20-11(2)12(3)26-14)19-8-13-9-23(22-21-13)10-15(24)25-4;/h9H,5-8,10H2,1-4H3,(H2,17,18,19);1H. The van der Waals surface area contributed by atoms with E-state index in [9.17, 15) is 4.79 Å². The maximum absolute atomic E-state index is 11.2. The van der Waals surface area contributed by atoms with Crippen LogP contribution in [-0.4, -0.2) is 52.1 Å². The molecular weight excluding hydrogens is 481 g/mol. The summed E-state index contributed by atoms with van der Waals surface area (Å²) in [6.07, 6.45) is 2.53. The first-order valence-electron chi connectivity index (χ1n) is 8.42. The Balaban J connectivity index is 0.00000364. The Labute approximate surface area is 180 Å². The van der Waals surface area contributed by atoms with Crippen molar-refractivity contribution in [1.82, 2.24) is 30.6 Å². The molecule has 11 heteroatoms. The molecule has 2 rings (SSSR count). The molecule has 0 unspecified atom stereocenters. The molecule has 0 saturated heterocycles. The minimum absolute atomic E-state index is 0. The average Bonchev–Trinajstić information content (AvgIpc) is 3.19. The van der Waals surface area contributed by atoms with Crippen molar-refractivity contribution in [3.8, 4) is 0 Å². The molecule has 0 fully saturated rings. The Morgan fingerprint density at radius 3 is 2.78 bits per heavy atom. The van der Waals surface area contributed by atoms with E-state index in [-0.39, 0.29) is 36.5 Å². The van der Waals surface area contributed by atoms with Gasteiger partial charge in [-0.1, -0.05) is 5.21 Å². The first kappa shape index (κ1) is 23.3. The second-order valence-corrected chi connectivity index (χ2v) is 6.89. The molecule has 0 spiro atoms. The number of esters is 1. The molecule has 0 radical (unpaired) electrons. The molecule has 2 N–H and O–H groups in total. The normalized spacial score (nSPS) is 11.0. The van der Waals surface area contributed by atoms with Crippen molar-refractivity contribution in [3.63, 3.8) is 0 Å². The van der Waals surface area contributed by atoms with Crippen molar-refractivity contribution in [2.75, 3.05) is 20.2 Å². The van der Waals surface area contributed by atoms with Gasteiger partial charge in [0.25, 0.3) is 0 Å². The van der Waals surface area contributed by atoms with Crippen LogP contribution >= 0.6 is 35.3 Å². The number of hydrogen-bond donors (Lipinski definition) is 2. The molecule has 27 heavy (non-hydrogen) atoms. The highest BCUT2D eigenvalue weighted by molar-refractivity contribution is 14.0. The third kappa shape index (κ3) is 7.79. The second kappa shape index (κ2) is 11.8. The predicted octanol–water partition coefficient (Wildman–Crippen LogP) is 1.44. The van der Waals surface area contributed by atoms with Crippen LogP contribution in [0.3, 0.4) is 0 Å². The number of carbonyl (C=O) groups excluding carboxylic acids is 1. The fourth-order valence-electron chi connectivity index (χ4n) is 2.12. The molecule has 0 aromatic carbocycles. The summed E-state index contributed by atoms with van der Waals surface area (Å²) >= 11 is 1.73. The van der Waals surface area contributed by atoms with Crippen LogP contribution in [0.1, 0.15) is 28.2 Å². The molecule has 0 saturated carbocycles. The number of carbonyl (C=O) groups is 1. The number of methoxy groups -OCH3 is 1. The zero-order valence-corrected chi connectivity index (χ0v) is 19.1. The lowest BCUT2D eigenvalue weighted by atomic mass is 10.4. The Morgan fingerprint density at radius 2 is 2.15 bits per heavy atom. The molecule has 0 amide bonds. The van der Waals surface area contributed by atoms with Crippen molar-refractivity contribution < 1.29 is 9.53 Å². The van der Waals surface area contributed by atoms with E-state index < -0.39 is 0 Å². The van der Waals surface area contributed by atoms with Gasteiger partial charge in [-0.05, 0) is 20.8 Å². The van der Waals surface area contributed by atoms with E-state index in [0.29, 0.717) is 18.2 Å². The largest absolute Gasteiger partial charge is 0.468 e. The van der Waals surface area contributed by atoms with Gasteiger partial charge in [-0.2, -0.15) is 0 Å². The summed E-state index contributed by atoms with van der Waals surface area (Å²) in [6, 6.07) is 0. The highest BCUT2D eigenvalue weighted by Gasteiger charge is 2.07. The summed E-state index contributed by atoms with van der Waals surface area (Å²) < 4.78 is 6.04. The molecule has 2 aromatic heterocycles. The fraction of sp³-hybridized carbons (Fsp3) is 0.562. The molecule has 0 aliphatic heterocycles. The van der Waals surface area contributed by atoms with Crippen LogP contribution < -0.4 is 10.6 Å². The molecule has 2 aromatic rings. The summed E-state index contributed by atoms with van der Waals surface area (Å²) in [5, 5.41) is 15.5. The number of aromatic nitrogens is 4. The minimum atomic E-state index is -0.368. The van der Waals surface area contributed by atoms with E-state index in [2.05, 4.69) is 42.6 Å². The number of hydrogen-bond acceptors (Lipinski definition) is 7. The Bertz CT molecular complexity index is 740. The Kier molecular flexibility index (Phi) is 10.2. The highest BCUT2D eigenvalue weighted by atomic mass is 127. The number of nitrogens with one attached hydrogen (secondary N) is 2. The van der Waals surface area contributed by atoms with Gasteiger partial charge < -0.3 is 15.4 Å². The van der Waals surface area contributed by atoms with Gasteiger partial charge >= 0.3 is 5.97 Å². The van der Waals surface area contributed by atoms with Crippen LogP contribution in [0, 0.1) is 13.8 Å². The topological polar surface area (TPSA) is 106 Å². The van der Waals surface area contributed by atoms with Crippen LogP contribution in [-0.2, 0) is 29.0 Å². The van der Waals surface area contributed by atoms with Gasteiger partial charge in [0.15, 0.2) is 5.96 Å². The van der Waals surface area contributed by atoms with Crippen molar-refractivity contribution in [2.24, 2.45) is 4.99 Å². The number of nitrogens with zero attached hydrogens (tertiary/aromatic N) is 5. The van der Waals surface area contributed by atoms with Gasteiger partial charge in [-0.3, -0.25) is 4.79 Å². The van der Waals surface area contributed by atoms with E-state index in [1.807, 2.05) is 13.8 Å². The average molecular weight is 507 g/mol. The molecule has 0 aliphatic carbocycles. The van der Waals surface area contributed by atoms with Crippen LogP contribution in [0.15, 0.2) is 11.2 Å². The lowest BCUT2D eigenvalue weighted by molar-refractivity contribution is -0.141. The first-order valence-corrected chi connectivity index (χ1v) is 9.24. The highest BCUT2D eigenvalue weighted by Crippen LogP contribution is 2.16. The minimum Gasteiger partial charge on any atom is -0.468 e. The SMILES string of the molecule is CCNC(=NCc1cn(CC(=O)OC)nn1)NCCc1nc(C)c(C)s1.I. The number of aliphatic imine (C=N–C) groups is 1. The number of halogens is 1. The maximum Gasteiger partial charge on any atom is 0.327 e. The molecule has 2 heterocycles. The summed E-state index contributed by atoms with van der Waals surface area (Å²) in [4.78, 5) is 21.5. The van der Waals surface area contributed by atoms with E-state index in [1.165, 1.54) is 16.7 Å².